The molecule has 2 unspecified atom stereocenters. The molecule has 184 valence electrons. The van der Waals surface area contributed by atoms with Crippen LogP contribution in [0.2, 0.25) is 0 Å². The second-order valence-electron chi connectivity index (χ2n) is 9.38. The van der Waals surface area contributed by atoms with Crippen molar-refractivity contribution in [2.24, 2.45) is 5.92 Å². The number of aryl methyl sites for hydroxylation is 1. The zero-order valence-corrected chi connectivity index (χ0v) is 20.6. The van der Waals surface area contributed by atoms with Gasteiger partial charge in [-0.15, -0.1) is 0 Å². The third-order valence-electron chi connectivity index (χ3n) is 7.05. The Balaban J connectivity index is 1.37. The van der Waals surface area contributed by atoms with E-state index in [9.17, 15) is 10.4 Å². The van der Waals surface area contributed by atoms with E-state index >= 15 is 0 Å². The fourth-order valence-electron chi connectivity index (χ4n) is 4.93. The lowest BCUT2D eigenvalue weighted by Crippen LogP contribution is -2.33. The van der Waals surface area contributed by atoms with E-state index < -0.39 is 6.10 Å². The first-order valence-corrected chi connectivity index (χ1v) is 12.6. The van der Waals surface area contributed by atoms with Crippen molar-refractivity contribution in [2.45, 2.75) is 45.3 Å². The number of aliphatic hydroxyl groups excluding tert-OH is 1. The SMILES string of the molecule is CCc1cccn2c(-c3nc(N[C@@H](C)c4ccc(C(O)C5CCCNC5)cc4)ncc3C#N)cnc12. The average Bonchev–Trinajstić information content (AvgIpc) is 3.37. The van der Waals surface area contributed by atoms with Gasteiger partial charge in [-0.3, -0.25) is 4.40 Å². The zero-order valence-electron chi connectivity index (χ0n) is 20.6. The highest BCUT2D eigenvalue weighted by atomic mass is 16.3. The minimum Gasteiger partial charge on any atom is -0.388 e. The fraction of sp³-hybridized carbons (Fsp3) is 0.357. The summed E-state index contributed by atoms with van der Waals surface area (Å²) < 4.78 is 1.97. The zero-order chi connectivity index (χ0) is 25.1. The molecule has 4 heterocycles. The van der Waals surface area contributed by atoms with Crippen LogP contribution in [0.25, 0.3) is 17.0 Å². The number of aliphatic hydroxyl groups is 1. The molecule has 0 amide bonds. The molecule has 0 radical (unpaired) electrons. The Morgan fingerprint density at radius 2 is 2.00 bits per heavy atom. The number of rotatable bonds is 7. The Labute approximate surface area is 211 Å². The number of hydrogen-bond donors (Lipinski definition) is 3. The normalized spacial score (nSPS) is 17.4. The van der Waals surface area contributed by atoms with Crippen LogP contribution in [-0.4, -0.2) is 37.5 Å². The smallest absolute Gasteiger partial charge is 0.223 e. The van der Waals surface area contributed by atoms with Gasteiger partial charge in [-0.1, -0.05) is 37.3 Å². The molecule has 0 aliphatic carbocycles. The van der Waals surface area contributed by atoms with Gasteiger partial charge in [-0.05, 0) is 55.5 Å². The lowest BCUT2D eigenvalue weighted by molar-refractivity contribution is 0.0921. The van der Waals surface area contributed by atoms with E-state index in [0.717, 1.165) is 60.4 Å². The van der Waals surface area contributed by atoms with Crippen molar-refractivity contribution >= 4 is 11.6 Å². The van der Waals surface area contributed by atoms with E-state index in [1.165, 1.54) is 0 Å². The van der Waals surface area contributed by atoms with Crippen molar-refractivity contribution in [3.8, 4) is 17.5 Å². The molecule has 5 rings (SSSR count). The summed E-state index contributed by atoms with van der Waals surface area (Å²) in [7, 11) is 0. The van der Waals surface area contributed by atoms with Crippen LogP contribution >= 0.6 is 0 Å². The molecular weight excluding hydrogens is 450 g/mol. The number of imidazole rings is 1. The number of nitriles is 1. The van der Waals surface area contributed by atoms with Crippen LogP contribution in [0.15, 0.2) is 55.0 Å². The average molecular weight is 482 g/mol. The standard InChI is InChI=1S/C28H31N7O/c1-3-19-7-5-13-35-24(17-31-27(19)35)25-23(14-29)16-32-28(34-25)33-18(2)20-8-10-21(11-9-20)26(36)22-6-4-12-30-15-22/h5,7-11,13,16-18,22,26,30,36H,3-4,6,12,15H2,1-2H3,(H,32,33,34)/t18-,22?,26?/m0/s1. The molecule has 3 N–H and O–H groups in total. The first-order chi connectivity index (χ1) is 17.6. The molecule has 1 aromatic carbocycles. The van der Waals surface area contributed by atoms with Crippen molar-refractivity contribution in [2.75, 3.05) is 18.4 Å². The lowest BCUT2D eigenvalue weighted by atomic mass is 9.89. The van der Waals surface area contributed by atoms with Crippen LogP contribution in [0.4, 0.5) is 5.95 Å². The Kier molecular flexibility index (Phi) is 6.94. The highest BCUT2D eigenvalue weighted by molar-refractivity contribution is 5.68. The number of nitrogens with zero attached hydrogens (tertiary/aromatic N) is 5. The molecule has 3 atom stereocenters. The minimum atomic E-state index is -0.460. The number of benzene rings is 1. The van der Waals surface area contributed by atoms with Gasteiger partial charge in [0.05, 0.1) is 35.8 Å². The van der Waals surface area contributed by atoms with Gasteiger partial charge in [-0.25, -0.2) is 15.0 Å². The quantitative estimate of drug-likeness (QED) is 0.358. The third-order valence-corrected chi connectivity index (χ3v) is 7.05. The summed E-state index contributed by atoms with van der Waals surface area (Å²) in [4.78, 5) is 13.7. The summed E-state index contributed by atoms with van der Waals surface area (Å²) >= 11 is 0. The number of nitrogens with one attached hydrogen (secondary N) is 2. The van der Waals surface area contributed by atoms with Gasteiger partial charge in [0, 0.05) is 18.7 Å². The van der Waals surface area contributed by atoms with Gasteiger partial charge in [0.15, 0.2) is 0 Å². The number of pyridine rings is 1. The molecule has 1 aliphatic rings. The first-order valence-electron chi connectivity index (χ1n) is 12.6. The van der Waals surface area contributed by atoms with E-state index in [1.807, 2.05) is 47.9 Å². The second kappa shape index (κ2) is 10.4. The highest BCUT2D eigenvalue weighted by Gasteiger charge is 2.23. The molecule has 8 nitrogen and oxygen atoms in total. The van der Waals surface area contributed by atoms with E-state index in [2.05, 4.69) is 39.7 Å². The van der Waals surface area contributed by atoms with Crippen LogP contribution in [0.1, 0.15) is 61.1 Å². The molecule has 1 aliphatic heterocycles. The maximum atomic E-state index is 10.8. The predicted molar refractivity (Wildman–Crippen MR) is 139 cm³/mol. The van der Waals surface area contributed by atoms with Gasteiger partial charge in [-0.2, -0.15) is 5.26 Å². The summed E-state index contributed by atoms with van der Waals surface area (Å²) in [5, 5.41) is 27.2. The Bertz CT molecular complexity index is 1380. The van der Waals surface area contributed by atoms with Gasteiger partial charge in [0.25, 0.3) is 0 Å². The maximum absolute atomic E-state index is 10.8. The molecule has 0 spiro atoms. The molecule has 4 aromatic rings. The summed E-state index contributed by atoms with van der Waals surface area (Å²) in [5.41, 5.74) is 5.70. The summed E-state index contributed by atoms with van der Waals surface area (Å²) in [6.45, 7) is 6.02. The molecule has 3 aromatic heterocycles. The van der Waals surface area contributed by atoms with Crippen molar-refractivity contribution in [1.82, 2.24) is 24.7 Å². The van der Waals surface area contributed by atoms with E-state index in [1.54, 1.807) is 12.4 Å². The Hall–Kier alpha value is -3.80. The van der Waals surface area contributed by atoms with Crippen LogP contribution in [0, 0.1) is 17.2 Å². The lowest BCUT2D eigenvalue weighted by Gasteiger charge is -2.27. The summed E-state index contributed by atoms with van der Waals surface area (Å²) in [6.07, 6.45) is 7.80. The van der Waals surface area contributed by atoms with E-state index in [-0.39, 0.29) is 12.0 Å². The van der Waals surface area contributed by atoms with Crippen LogP contribution < -0.4 is 10.6 Å². The van der Waals surface area contributed by atoms with Gasteiger partial charge < -0.3 is 15.7 Å². The van der Waals surface area contributed by atoms with E-state index in [4.69, 9.17) is 4.98 Å². The van der Waals surface area contributed by atoms with Gasteiger partial charge in [0.2, 0.25) is 5.95 Å². The number of hydrogen-bond acceptors (Lipinski definition) is 7. The van der Waals surface area contributed by atoms with Crippen molar-refractivity contribution in [3.63, 3.8) is 0 Å². The molecule has 8 heteroatoms. The van der Waals surface area contributed by atoms with Crippen LogP contribution in [0.3, 0.4) is 0 Å². The molecular formula is C28H31N7O. The molecule has 1 saturated heterocycles. The second-order valence-corrected chi connectivity index (χ2v) is 9.38. The number of fused-ring (bicyclic) bond motifs is 1. The predicted octanol–water partition coefficient (Wildman–Crippen LogP) is 4.43. The monoisotopic (exact) mass is 481 g/mol. The minimum absolute atomic E-state index is 0.0674. The molecule has 36 heavy (non-hydrogen) atoms. The summed E-state index contributed by atoms with van der Waals surface area (Å²) in [5.74, 6) is 0.689. The summed E-state index contributed by atoms with van der Waals surface area (Å²) in [6, 6.07) is 14.3. The number of anilines is 1. The van der Waals surface area contributed by atoms with Crippen LogP contribution in [0.5, 0.6) is 0 Å². The van der Waals surface area contributed by atoms with Crippen molar-refractivity contribution in [3.05, 3.63) is 77.2 Å². The van der Waals surface area contributed by atoms with Crippen molar-refractivity contribution < 1.29 is 5.11 Å². The molecule has 0 saturated carbocycles. The molecule has 0 bridgehead atoms. The highest BCUT2D eigenvalue weighted by Crippen LogP contribution is 2.29. The largest absolute Gasteiger partial charge is 0.388 e. The first kappa shape index (κ1) is 23.9. The number of aromatic nitrogens is 4. The van der Waals surface area contributed by atoms with Gasteiger partial charge >= 0.3 is 0 Å². The topological polar surface area (TPSA) is 111 Å². The van der Waals surface area contributed by atoms with E-state index in [0.29, 0.717) is 17.2 Å². The Morgan fingerprint density at radius 1 is 1.19 bits per heavy atom. The third kappa shape index (κ3) is 4.68. The van der Waals surface area contributed by atoms with Gasteiger partial charge in [0.1, 0.15) is 17.4 Å². The molecule has 1 fully saturated rings. The Morgan fingerprint density at radius 3 is 2.72 bits per heavy atom. The van der Waals surface area contributed by atoms with Crippen LogP contribution in [-0.2, 0) is 6.42 Å². The van der Waals surface area contributed by atoms with Crippen molar-refractivity contribution in [1.29, 1.82) is 5.26 Å². The maximum Gasteiger partial charge on any atom is 0.223 e. The fourth-order valence-corrected chi connectivity index (χ4v) is 4.93. The number of piperidine rings is 1.